The third kappa shape index (κ3) is 3.54. The molecule has 1 fully saturated rings. The zero-order valence-electron chi connectivity index (χ0n) is 13.1. The van der Waals surface area contributed by atoms with Gasteiger partial charge in [0.1, 0.15) is 0 Å². The van der Waals surface area contributed by atoms with Gasteiger partial charge in [-0.05, 0) is 30.7 Å². The third-order valence-electron chi connectivity index (χ3n) is 3.55. The molecule has 0 atom stereocenters. The van der Waals surface area contributed by atoms with Crippen molar-refractivity contribution >= 4 is 23.3 Å². The van der Waals surface area contributed by atoms with E-state index in [-0.39, 0.29) is 11.9 Å². The average molecular weight is 289 g/mol. The van der Waals surface area contributed by atoms with E-state index in [1.54, 1.807) is 9.80 Å². The van der Waals surface area contributed by atoms with Gasteiger partial charge in [-0.15, -0.1) is 0 Å². The Bertz CT molecular complexity index is 531. The molecule has 2 rings (SSSR count). The summed E-state index contributed by atoms with van der Waals surface area (Å²) in [6, 6.07) is 7.43. The number of carbonyl (C=O) groups is 2. The lowest BCUT2D eigenvalue weighted by molar-refractivity contribution is -0.123. The second-order valence-electron chi connectivity index (χ2n) is 6.46. The Labute approximate surface area is 125 Å². The molecule has 5 nitrogen and oxygen atoms in total. The van der Waals surface area contributed by atoms with Crippen molar-refractivity contribution in [3.05, 3.63) is 24.3 Å². The Balaban J connectivity index is 2.09. The van der Waals surface area contributed by atoms with Crippen LogP contribution in [0.2, 0.25) is 0 Å². The lowest BCUT2D eigenvalue weighted by Crippen LogP contribution is -2.47. The Kier molecular flexibility index (Phi) is 4.21. The van der Waals surface area contributed by atoms with E-state index < -0.39 is 5.41 Å². The molecule has 1 aliphatic rings. The summed E-state index contributed by atoms with van der Waals surface area (Å²) < 4.78 is 0. The molecule has 0 aliphatic carbocycles. The first-order valence-corrected chi connectivity index (χ1v) is 7.23. The number of benzene rings is 1. The number of nitrogens with one attached hydrogen (secondary N) is 1. The minimum absolute atomic E-state index is 0.0210. The van der Waals surface area contributed by atoms with Gasteiger partial charge in [-0.3, -0.25) is 9.69 Å². The zero-order chi connectivity index (χ0) is 15.6. The second-order valence-corrected chi connectivity index (χ2v) is 6.46. The predicted octanol–water partition coefficient (Wildman–Crippen LogP) is 2.93. The quantitative estimate of drug-likeness (QED) is 0.910. The van der Waals surface area contributed by atoms with E-state index in [2.05, 4.69) is 5.32 Å². The Morgan fingerprint density at radius 3 is 2.33 bits per heavy atom. The summed E-state index contributed by atoms with van der Waals surface area (Å²) >= 11 is 0. The number of urea groups is 1. The maximum atomic E-state index is 12.1. The van der Waals surface area contributed by atoms with Crippen LogP contribution in [0, 0.1) is 5.41 Å². The van der Waals surface area contributed by atoms with Crippen molar-refractivity contribution < 1.29 is 9.59 Å². The van der Waals surface area contributed by atoms with Crippen LogP contribution in [0.3, 0.4) is 0 Å². The van der Waals surface area contributed by atoms with E-state index >= 15 is 0 Å². The van der Waals surface area contributed by atoms with Gasteiger partial charge in [0.05, 0.1) is 0 Å². The largest absolute Gasteiger partial charge is 0.327 e. The highest BCUT2D eigenvalue weighted by Crippen LogP contribution is 2.23. The number of rotatable bonds is 2. The van der Waals surface area contributed by atoms with E-state index in [1.165, 1.54) is 0 Å². The Hall–Kier alpha value is -2.04. The number of hydrogen-bond donors (Lipinski definition) is 1. The maximum absolute atomic E-state index is 12.1. The van der Waals surface area contributed by atoms with Crippen molar-refractivity contribution in [2.75, 3.05) is 30.4 Å². The first-order valence-electron chi connectivity index (χ1n) is 7.23. The van der Waals surface area contributed by atoms with Crippen LogP contribution < -0.4 is 10.2 Å². The normalized spacial score (nSPS) is 16.1. The first kappa shape index (κ1) is 15.4. The number of amides is 3. The number of anilines is 2. The molecule has 0 radical (unpaired) electrons. The molecule has 1 N–H and O–H groups in total. The molecule has 5 heteroatoms. The summed E-state index contributed by atoms with van der Waals surface area (Å²) in [5.74, 6) is -0.0240. The summed E-state index contributed by atoms with van der Waals surface area (Å²) in [7, 11) is 1.81. The zero-order valence-corrected chi connectivity index (χ0v) is 13.1. The molecule has 1 aromatic carbocycles. The van der Waals surface area contributed by atoms with Crippen molar-refractivity contribution in [2.45, 2.75) is 27.2 Å². The Morgan fingerprint density at radius 2 is 1.76 bits per heavy atom. The van der Waals surface area contributed by atoms with Crippen LogP contribution >= 0.6 is 0 Å². The van der Waals surface area contributed by atoms with Crippen LogP contribution in [-0.4, -0.2) is 37.0 Å². The molecule has 0 aromatic heterocycles. The van der Waals surface area contributed by atoms with Gasteiger partial charge in [0.25, 0.3) is 0 Å². The van der Waals surface area contributed by atoms with Gasteiger partial charge in [0.2, 0.25) is 5.91 Å². The van der Waals surface area contributed by atoms with Gasteiger partial charge in [-0.1, -0.05) is 20.8 Å². The summed E-state index contributed by atoms with van der Waals surface area (Å²) in [6.07, 6.45) is 0.963. The fourth-order valence-corrected chi connectivity index (χ4v) is 2.15. The first-order chi connectivity index (χ1) is 9.79. The Morgan fingerprint density at radius 1 is 1.14 bits per heavy atom. The average Bonchev–Trinajstić information content (AvgIpc) is 2.42. The molecule has 0 bridgehead atoms. The van der Waals surface area contributed by atoms with E-state index in [0.29, 0.717) is 0 Å². The maximum Gasteiger partial charge on any atom is 0.324 e. The van der Waals surface area contributed by atoms with E-state index in [0.717, 1.165) is 30.9 Å². The van der Waals surface area contributed by atoms with E-state index in [9.17, 15) is 9.59 Å². The van der Waals surface area contributed by atoms with Crippen LogP contribution in [0.5, 0.6) is 0 Å². The summed E-state index contributed by atoms with van der Waals surface area (Å²) in [5, 5.41) is 2.88. The van der Waals surface area contributed by atoms with E-state index in [4.69, 9.17) is 0 Å². The summed E-state index contributed by atoms with van der Waals surface area (Å²) in [4.78, 5) is 27.5. The van der Waals surface area contributed by atoms with Gasteiger partial charge < -0.3 is 10.2 Å². The van der Waals surface area contributed by atoms with Crippen LogP contribution in [0.25, 0.3) is 0 Å². The van der Waals surface area contributed by atoms with Crippen molar-refractivity contribution in [3.8, 4) is 0 Å². The second kappa shape index (κ2) is 5.76. The van der Waals surface area contributed by atoms with Crippen LogP contribution in [0.1, 0.15) is 27.2 Å². The fraction of sp³-hybridized carbons (Fsp3) is 0.500. The number of nitrogens with zero attached hydrogens (tertiary/aromatic N) is 2. The number of hydrogen-bond acceptors (Lipinski definition) is 2. The molecule has 114 valence electrons. The number of carbonyl (C=O) groups excluding carboxylic acids is 2. The monoisotopic (exact) mass is 289 g/mol. The third-order valence-corrected chi connectivity index (χ3v) is 3.55. The standard InChI is InChI=1S/C16H23N3O2/c1-16(2,3)14(20)17-12-6-8-13(9-7-12)19-11-5-10-18(4)15(19)21/h6-9H,5,10-11H2,1-4H3,(H,17,20). The van der Waals surface area contributed by atoms with Crippen LogP contribution in [-0.2, 0) is 4.79 Å². The van der Waals surface area contributed by atoms with Gasteiger partial charge in [0, 0.05) is 36.9 Å². The van der Waals surface area contributed by atoms with Gasteiger partial charge >= 0.3 is 6.03 Å². The van der Waals surface area contributed by atoms with Crippen molar-refractivity contribution in [2.24, 2.45) is 5.41 Å². The summed E-state index contributed by atoms with van der Waals surface area (Å²) in [6.45, 7) is 7.16. The van der Waals surface area contributed by atoms with Crippen LogP contribution in [0.4, 0.5) is 16.2 Å². The van der Waals surface area contributed by atoms with Crippen LogP contribution in [0.15, 0.2) is 24.3 Å². The minimum atomic E-state index is -0.426. The smallest absolute Gasteiger partial charge is 0.324 e. The summed E-state index contributed by atoms with van der Waals surface area (Å²) in [5.41, 5.74) is 1.18. The molecule has 1 saturated heterocycles. The molecule has 1 aliphatic heterocycles. The predicted molar refractivity (Wildman–Crippen MR) is 84.5 cm³/mol. The van der Waals surface area contributed by atoms with Crippen molar-refractivity contribution in [3.63, 3.8) is 0 Å². The molecule has 3 amide bonds. The van der Waals surface area contributed by atoms with Gasteiger partial charge in [0.15, 0.2) is 0 Å². The highest BCUT2D eigenvalue weighted by molar-refractivity contribution is 5.95. The minimum Gasteiger partial charge on any atom is -0.327 e. The van der Waals surface area contributed by atoms with Gasteiger partial charge in [-0.2, -0.15) is 0 Å². The molecule has 1 heterocycles. The van der Waals surface area contributed by atoms with E-state index in [1.807, 2.05) is 52.1 Å². The molecular formula is C16H23N3O2. The fourth-order valence-electron chi connectivity index (χ4n) is 2.15. The SMILES string of the molecule is CN1CCCN(c2ccc(NC(=O)C(C)(C)C)cc2)C1=O. The molecule has 0 saturated carbocycles. The highest BCUT2D eigenvalue weighted by Gasteiger charge is 2.24. The highest BCUT2D eigenvalue weighted by atomic mass is 16.2. The molecule has 21 heavy (non-hydrogen) atoms. The molecular weight excluding hydrogens is 266 g/mol. The van der Waals surface area contributed by atoms with Crippen molar-refractivity contribution in [1.29, 1.82) is 0 Å². The van der Waals surface area contributed by atoms with Crippen molar-refractivity contribution in [1.82, 2.24) is 4.90 Å². The lowest BCUT2D eigenvalue weighted by Gasteiger charge is -2.33. The lowest BCUT2D eigenvalue weighted by atomic mass is 9.95. The van der Waals surface area contributed by atoms with Gasteiger partial charge in [-0.25, -0.2) is 4.79 Å². The topological polar surface area (TPSA) is 52.6 Å². The molecule has 0 spiro atoms. The molecule has 0 unspecified atom stereocenters. The molecule has 1 aromatic rings.